The van der Waals surface area contributed by atoms with Crippen LogP contribution in [0.4, 0.5) is 9.59 Å². The monoisotopic (exact) mass is 579 g/mol. The molecule has 0 unspecified atom stereocenters. The van der Waals surface area contributed by atoms with Gasteiger partial charge < -0.3 is 25.2 Å². The van der Waals surface area contributed by atoms with E-state index in [2.05, 4.69) is 10.6 Å². The molecule has 2 fully saturated rings. The fourth-order valence-corrected chi connectivity index (χ4v) is 6.54. The Morgan fingerprint density at radius 3 is 2.49 bits per heavy atom. The van der Waals surface area contributed by atoms with Crippen LogP contribution in [-0.4, -0.2) is 74.5 Å². The number of cyclic esters (lactones) is 1. The fraction of sp³-hybridized carbons (Fsp3) is 0.481. The van der Waals surface area contributed by atoms with Crippen molar-refractivity contribution >= 4 is 33.8 Å². The van der Waals surface area contributed by atoms with Crippen molar-refractivity contribution in [1.29, 1.82) is 0 Å². The van der Waals surface area contributed by atoms with E-state index in [0.717, 1.165) is 31.2 Å². The lowest BCUT2D eigenvalue weighted by Crippen LogP contribution is -2.51. The molecular weight excluding hydrogens is 546 g/mol. The molecule has 1 heterocycles. The molecule has 0 spiro atoms. The second-order valence-electron chi connectivity index (χ2n) is 9.97. The Kier molecular flexibility index (Phi) is 10.1. The molecule has 2 aromatic rings. The molecule has 4 rings (SSSR count). The summed E-state index contributed by atoms with van der Waals surface area (Å²) < 4.78 is 38.7. The molecule has 1 aliphatic heterocycles. The second kappa shape index (κ2) is 13.5. The Balaban J connectivity index is 1.50. The Bertz CT molecular complexity index is 1210. The Hall–Kier alpha value is -2.86. The van der Waals surface area contributed by atoms with Crippen molar-refractivity contribution < 1.29 is 32.6 Å². The summed E-state index contributed by atoms with van der Waals surface area (Å²) in [4.78, 5) is 24.0. The number of nitrogens with one attached hydrogen (secondary N) is 2. The van der Waals surface area contributed by atoms with Crippen molar-refractivity contribution in [3.8, 4) is 0 Å². The molecule has 0 aromatic heterocycles. The minimum Gasteiger partial charge on any atom is -0.447 e. The molecule has 2 aromatic carbocycles. The van der Waals surface area contributed by atoms with Crippen LogP contribution in [0.3, 0.4) is 0 Å². The van der Waals surface area contributed by atoms with Crippen LogP contribution in [0.2, 0.25) is 5.02 Å². The number of carbonyl (C=O) groups excluding carboxylic acids is 2. The summed E-state index contributed by atoms with van der Waals surface area (Å²) in [5, 5.41) is 17.0. The van der Waals surface area contributed by atoms with Crippen LogP contribution >= 0.6 is 11.6 Å². The zero-order valence-electron chi connectivity index (χ0n) is 21.5. The van der Waals surface area contributed by atoms with Gasteiger partial charge in [-0.05, 0) is 55.0 Å². The van der Waals surface area contributed by atoms with E-state index in [1.54, 1.807) is 0 Å². The van der Waals surface area contributed by atoms with Crippen LogP contribution < -0.4 is 10.6 Å². The van der Waals surface area contributed by atoms with Crippen LogP contribution in [0.25, 0.3) is 0 Å². The first-order valence-corrected chi connectivity index (χ1v) is 14.9. The van der Waals surface area contributed by atoms with Crippen molar-refractivity contribution in [2.75, 3.05) is 26.3 Å². The number of hydrogen-bond donors (Lipinski definition) is 3. The summed E-state index contributed by atoms with van der Waals surface area (Å²) in [5.41, 5.74) is 0.848. The topological polar surface area (TPSA) is 134 Å². The smallest absolute Gasteiger partial charge is 0.407 e. The molecule has 10 nitrogen and oxygen atoms in total. The third-order valence-electron chi connectivity index (χ3n) is 7.00. The summed E-state index contributed by atoms with van der Waals surface area (Å²) in [7, 11) is -3.95. The summed E-state index contributed by atoms with van der Waals surface area (Å²) in [6.45, 7) is 0.0308. The predicted octanol–water partition coefficient (Wildman–Crippen LogP) is 3.33. The highest BCUT2D eigenvalue weighted by molar-refractivity contribution is 7.89. The van der Waals surface area contributed by atoms with Gasteiger partial charge in [0.05, 0.1) is 17.0 Å². The normalized spacial score (nSPS) is 19.4. The lowest BCUT2D eigenvalue weighted by molar-refractivity contribution is 0.0857. The summed E-state index contributed by atoms with van der Waals surface area (Å²) in [6.07, 6.45) is 1.56. The number of benzene rings is 2. The number of halogens is 1. The molecule has 2 amide bonds. The van der Waals surface area contributed by atoms with Crippen molar-refractivity contribution in [2.24, 2.45) is 5.92 Å². The highest BCUT2D eigenvalue weighted by Gasteiger charge is 2.33. The van der Waals surface area contributed by atoms with E-state index < -0.39 is 40.4 Å². The highest BCUT2D eigenvalue weighted by atomic mass is 35.5. The number of ether oxygens (including phenoxy) is 2. The summed E-state index contributed by atoms with van der Waals surface area (Å²) in [5.74, 6) is 0.189. The van der Waals surface area contributed by atoms with Crippen molar-refractivity contribution in [3.63, 3.8) is 0 Å². The van der Waals surface area contributed by atoms with E-state index in [1.807, 2.05) is 30.3 Å². The number of nitrogens with zero attached hydrogens (tertiary/aromatic N) is 1. The second-order valence-corrected chi connectivity index (χ2v) is 12.3. The lowest BCUT2D eigenvalue weighted by Gasteiger charge is -2.31. The first-order valence-electron chi connectivity index (χ1n) is 13.0. The maximum Gasteiger partial charge on any atom is 0.407 e. The van der Waals surface area contributed by atoms with Gasteiger partial charge in [0.15, 0.2) is 0 Å². The van der Waals surface area contributed by atoms with Gasteiger partial charge in [0, 0.05) is 18.1 Å². The van der Waals surface area contributed by atoms with E-state index in [4.69, 9.17) is 21.1 Å². The van der Waals surface area contributed by atoms with Crippen molar-refractivity contribution in [2.45, 2.75) is 55.2 Å². The third kappa shape index (κ3) is 8.31. The van der Waals surface area contributed by atoms with Gasteiger partial charge in [-0.2, -0.15) is 4.31 Å². The third-order valence-corrected chi connectivity index (χ3v) is 9.10. The average molecular weight is 580 g/mol. The van der Waals surface area contributed by atoms with Gasteiger partial charge in [-0.1, -0.05) is 54.8 Å². The Labute approximate surface area is 233 Å². The number of hydrogen-bond acceptors (Lipinski definition) is 7. The standard InChI is InChI=1S/C27H34ClN3O7S/c28-21-10-12-23(13-11-21)39(35,36)31(15-20-8-4-5-9-20)16-25(32)24(14-19-6-2-1-3-7-19)30-27(34)38-18-22-17-37-26(33)29-22/h1-3,6-7,10-13,20,22,24-25,32H,4-5,8-9,14-18H2,(H,29,33)(H,30,34)/t22-,24-,25+/m0/s1. The molecule has 39 heavy (non-hydrogen) atoms. The van der Waals surface area contributed by atoms with Gasteiger partial charge in [-0.15, -0.1) is 0 Å². The van der Waals surface area contributed by atoms with E-state index in [1.165, 1.54) is 28.6 Å². The molecule has 212 valence electrons. The van der Waals surface area contributed by atoms with Gasteiger partial charge in [0.25, 0.3) is 0 Å². The van der Waals surface area contributed by atoms with E-state index in [-0.39, 0.29) is 43.5 Å². The van der Waals surface area contributed by atoms with Crippen LogP contribution in [0.1, 0.15) is 31.2 Å². The molecule has 1 saturated heterocycles. The Morgan fingerprint density at radius 1 is 1.15 bits per heavy atom. The molecular formula is C27H34ClN3O7S. The molecule has 0 bridgehead atoms. The van der Waals surface area contributed by atoms with E-state index in [9.17, 15) is 23.1 Å². The van der Waals surface area contributed by atoms with Crippen LogP contribution in [0.15, 0.2) is 59.5 Å². The number of rotatable bonds is 12. The number of aliphatic hydroxyl groups excluding tert-OH is 1. The predicted molar refractivity (Wildman–Crippen MR) is 145 cm³/mol. The average Bonchev–Trinajstić information content (AvgIpc) is 3.59. The van der Waals surface area contributed by atoms with Gasteiger partial charge >= 0.3 is 12.2 Å². The molecule has 3 atom stereocenters. The van der Waals surface area contributed by atoms with Crippen LogP contribution in [0, 0.1) is 5.92 Å². The zero-order valence-corrected chi connectivity index (χ0v) is 23.1. The minimum atomic E-state index is -3.95. The maximum atomic E-state index is 13.7. The largest absolute Gasteiger partial charge is 0.447 e. The van der Waals surface area contributed by atoms with Crippen LogP contribution in [0.5, 0.6) is 0 Å². The number of sulfonamides is 1. The first-order chi connectivity index (χ1) is 18.7. The lowest BCUT2D eigenvalue weighted by atomic mass is 10.0. The minimum absolute atomic E-state index is 0.0842. The SMILES string of the molecule is O=C1N[C@H](COC(=O)N[C@@H](Cc2ccccc2)[C@H](O)CN(CC2CCCC2)S(=O)(=O)c2ccc(Cl)cc2)CO1. The quantitative estimate of drug-likeness (QED) is 0.351. The molecule has 2 aliphatic rings. The van der Waals surface area contributed by atoms with Gasteiger partial charge in [-0.25, -0.2) is 18.0 Å². The van der Waals surface area contributed by atoms with Gasteiger partial charge in [-0.3, -0.25) is 0 Å². The van der Waals surface area contributed by atoms with E-state index in [0.29, 0.717) is 5.02 Å². The molecule has 1 aliphatic carbocycles. The van der Waals surface area contributed by atoms with Crippen molar-refractivity contribution in [3.05, 3.63) is 65.2 Å². The highest BCUT2D eigenvalue weighted by Crippen LogP contribution is 2.28. The zero-order chi connectivity index (χ0) is 27.8. The maximum absolute atomic E-state index is 13.7. The number of alkyl carbamates (subject to hydrolysis) is 2. The molecule has 12 heteroatoms. The number of aliphatic hydroxyl groups is 1. The fourth-order valence-electron chi connectivity index (χ4n) is 4.88. The summed E-state index contributed by atoms with van der Waals surface area (Å²) >= 11 is 5.98. The Morgan fingerprint density at radius 2 is 1.85 bits per heavy atom. The van der Waals surface area contributed by atoms with E-state index >= 15 is 0 Å². The van der Waals surface area contributed by atoms with Gasteiger partial charge in [0.1, 0.15) is 19.3 Å². The number of carbonyl (C=O) groups is 2. The molecule has 1 saturated carbocycles. The number of amides is 2. The molecule has 3 N–H and O–H groups in total. The van der Waals surface area contributed by atoms with Gasteiger partial charge in [0.2, 0.25) is 10.0 Å². The first kappa shape index (κ1) is 29.1. The van der Waals surface area contributed by atoms with Crippen LogP contribution in [-0.2, 0) is 25.9 Å². The molecule has 0 radical (unpaired) electrons. The van der Waals surface area contributed by atoms with Crippen molar-refractivity contribution in [1.82, 2.24) is 14.9 Å². The summed E-state index contributed by atoms with van der Waals surface area (Å²) in [6, 6.07) is 13.9.